The Hall–Kier alpha value is -3.89. The van der Waals surface area contributed by atoms with Crippen molar-refractivity contribution in [3.63, 3.8) is 0 Å². The van der Waals surface area contributed by atoms with Gasteiger partial charge in [0.25, 0.3) is 12.0 Å². The predicted molar refractivity (Wildman–Crippen MR) is 150 cm³/mol. The van der Waals surface area contributed by atoms with Crippen LogP contribution in [0.25, 0.3) is 11.2 Å². The van der Waals surface area contributed by atoms with Crippen molar-refractivity contribution in [3.05, 3.63) is 65.2 Å². The van der Waals surface area contributed by atoms with Crippen LogP contribution in [0.2, 0.25) is 0 Å². The first-order valence-electron chi connectivity index (χ1n) is 12.4. The second-order valence-corrected chi connectivity index (χ2v) is 12.0. The fraction of sp³-hybridized carbons (Fsp3) is 0.320. The number of hydrogen-bond acceptors (Lipinski definition) is 12. The molecule has 13 nitrogen and oxygen atoms in total. The molecule has 18 heteroatoms. The predicted octanol–water partition coefficient (Wildman–Crippen LogP) is 3.35. The van der Waals surface area contributed by atoms with E-state index in [1.54, 1.807) is 24.3 Å². The molecule has 0 aliphatic carbocycles. The second kappa shape index (κ2) is 12.0. The van der Waals surface area contributed by atoms with Gasteiger partial charge in [0.1, 0.15) is 29.1 Å². The number of alkyl halides is 3. The van der Waals surface area contributed by atoms with E-state index in [4.69, 9.17) is 45.3 Å². The number of rotatable bonds is 11. The van der Waals surface area contributed by atoms with Crippen LogP contribution in [0.5, 0.6) is 23.0 Å². The molecule has 1 saturated heterocycles. The van der Waals surface area contributed by atoms with Crippen molar-refractivity contribution in [2.24, 2.45) is 0 Å². The Kier molecular flexibility index (Phi) is 8.54. The average Bonchev–Trinajstić information content (AvgIpc) is 3.52. The lowest BCUT2D eigenvalue weighted by Gasteiger charge is -2.32. The summed E-state index contributed by atoms with van der Waals surface area (Å²) in [7, 11) is 2.93. The number of nitrogens with two attached hydrogens (primary N) is 1. The molecule has 4 atom stereocenters. The molecule has 3 heterocycles. The number of halogens is 3. The molecule has 1 aliphatic heterocycles. The number of benzene rings is 2. The number of aliphatic hydroxyl groups excluding tert-OH is 1. The number of methoxy groups -OCH3 is 2. The zero-order chi connectivity index (χ0) is 30.9. The lowest BCUT2D eigenvalue weighted by molar-refractivity contribution is -0.191. The SMILES string of the molecule is COc1ccc(OP(=S)(OC[C@@]2(C(F)F)O[C@@H](n3cnc4c(=O)[nH]c(N)nc43)[C@H](F)[C@@H]2O)Oc2ccc(OC)cc2)cc1. The van der Waals surface area contributed by atoms with E-state index in [0.29, 0.717) is 11.5 Å². The summed E-state index contributed by atoms with van der Waals surface area (Å²) >= 11 is 5.56. The van der Waals surface area contributed by atoms with Gasteiger partial charge in [-0.2, -0.15) is 4.98 Å². The van der Waals surface area contributed by atoms with Crippen molar-refractivity contribution < 1.29 is 46.1 Å². The zero-order valence-electron chi connectivity index (χ0n) is 22.4. The Morgan fingerprint density at radius 1 is 1.09 bits per heavy atom. The van der Waals surface area contributed by atoms with Gasteiger partial charge < -0.3 is 34.1 Å². The number of aromatic amines is 1. The molecule has 0 spiro atoms. The van der Waals surface area contributed by atoms with Crippen LogP contribution < -0.4 is 29.8 Å². The molecular formula is C25H25F3N5O8PS. The van der Waals surface area contributed by atoms with E-state index in [2.05, 4.69) is 15.0 Å². The van der Waals surface area contributed by atoms with E-state index in [1.807, 2.05) is 0 Å². The monoisotopic (exact) mass is 643 g/mol. The number of fused-ring (bicyclic) bond motifs is 1. The maximum absolute atomic E-state index is 15.5. The molecule has 43 heavy (non-hydrogen) atoms. The van der Waals surface area contributed by atoms with Gasteiger partial charge in [0.15, 0.2) is 29.2 Å². The number of anilines is 1. The molecule has 230 valence electrons. The maximum atomic E-state index is 15.5. The van der Waals surface area contributed by atoms with Crippen LogP contribution in [0.3, 0.4) is 0 Å². The third kappa shape index (κ3) is 5.99. The highest BCUT2D eigenvalue weighted by atomic mass is 32.5. The Balaban J connectivity index is 1.46. The molecule has 0 saturated carbocycles. The molecule has 0 radical (unpaired) electrons. The Labute approximate surface area is 246 Å². The number of aromatic nitrogens is 4. The van der Waals surface area contributed by atoms with Crippen LogP contribution in [0, 0.1) is 0 Å². The van der Waals surface area contributed by atoms with E-state index >= 15 is 4.39 Å². The summed E-state index contributed by atoms with van der Waals surface area (Å²) < 4.78 is 78.9. The van der Waals surface area contributed by atoms with Gasteiger partial charge in [0.05, 0.1) is 27.2 Å². The number of H-pyrrole nitrogens is 1. The highest BCUT2D eigenvalue weighted by Gasteiger charge is 2.62. The first-order valence-corrected chi connectivity index (χ1v) is 15.0. The van der Waals surface area contributed by atoms with E-state index < -0.39 is 49.4 Å². The van der Waals surface area contributed by atoms with Crippen LogP contribution in [-0.4, -0.2) is 69.8 Å². The van der Waals surface area contributed by atoms with Gasteiger partial charge in [-0.15, -0.1) is 0 Å². The number of ether oxygens (including phenoxy) is 3. The Bertz CT molecular complexity index is 1640. The fourth-order valence-corrected chi connectivity index (χ4v) is 6.21. The second-order valence-electron chi connectivity index (χ2n) is 9.18. The normalized spacial score (nSPS) is 22.2. The molecule has 2 aromatic carbocycles. The summed E-state index contributed by atoms with van der Waals surface area (Å²) in [5, 5.41) is 10.8. The molecule has 1 fully saturated rings. The van der Waals surface area contributed by atoms with Crippen LogP contribution >= 0.6 is 6.72 Å². The molecule has 4 aromatic rings. The first-order chi connectivity index (χ1) is 20.5. The van der Waals surface area contributed by atoms with Gasteiger partial charge in [-0.05, 0) is 48.5 Å². The lowest BCUT2D eigenvalue weighted by Crippen LogP contribution is -2.52. The van der Waals surface area contributed by atoms with Crippen molar-refractivity contribution in [3.8, 4) is 23.0 Å². The van der Waals surface area contributed by atoms with Crippen LogP contribution in [0.1, 0.15) is 6.23 Å². The van der Waals surface area contributed by atoms with E-state index in [9.17, 15) is 18.7 Å². The van der Waals surface area contributed by atoms with Gasteiger partial charge in [0, 0.05) is 11.8 Å². The smallest absolute Gasteiger partial charge is 0.435 e. The Morgan fingerprint density at radius 3 is 2.14 bits per heavy atom. The summed E-state index contributed by atoms with van der Waals surface area (Å²) in [6, 6.07) is 12.2. The zero-order valence-corrected chi connectivity index (χ0v) is 24.1. The van der Waals surface area contributed by atoms with Crippen molar-refractivity contribution in [1.82, 2.24) is 19.5 Å². The quantitative estimate of drug-likeness (QED) is 0.205. The number of imidazole rings is 1. The van der Waals surface area contributed by atoms with Crippen LogP contribution in [0.15, 0.2) is 59.7 Å². The van der Waals surface area contributed by atoms with Gasteiger partial charge in [0.2, 0.25) is 5.95 Å². The Morgan fingerprint density at radius 2 is 1.63 bits per heavy atom. The maximum Gasteiger partial charge on any atom is 0.435 e. The lowest BCUT2D eigenvalue weighted by atomic mass is 9.97. The van der Waals surface area contributed by atoms with Gasteiger partial charge in [-0.1, -0.05) is 0 Å². The van der Waals surface area contributed by atoms with Crippen molar-refractivity contribution in [1.29, 1.82) is 0 Å². The number of hydrogen-bond donors (Lipinski definition) is 3. The minimum atomic E-state index is -4.01. The molecule has 2 aromatic heterocycles. The van der Waals surface area contributed by atoms with E-state index in [1.165, 1.54) is 38.5 Å². The first kappa shape index (κ1) is 30.6. The third-order valence-electron chi connectivity index (χ3n) is 6.51. The highest BCUT2D eigenvalue weighted by molar-refractivity contribution is 8.07. The van der Waals surface area contributed by atoms with Crippen LogP contribution in [0.4, 0.5) is 19.1 Å². The molecule has 0 unspecified atom stereocenters. The number of nitrogens with one attached hydrogen (secondary N) is 1. The van der Waals surface area contributed by atoms with Crippen molar-refractivity contribution in [2.75, 3.05) is 26.6 Å². The fourth-order valence-electron chi connectivity index (χ4n) is 4.27. The number of aliphatic hydroxyl groups is 1. The van der Waals surface area contributed by atoms with Gasteiger partial charge >= 0.3 is 6.72 Å². The minimum absolute atomic E-state index is 0.150. The molecule has 0 amide bonds. The standard InChI is InChI=1S/C25H25F3N5O8PS/c1-36-13-3-7-15(8-4-13)40-42(43,41-16-9-5-14(37-2)6-10-16)38-11-25(23(27)28)19(34)17(26)22(39-25)33-12-30-18-20(33)31-24(29)32-21(18)35/h3-10,12,17,19,22-23,34H,11H2,1-2H3,(H3,29,31,32,35)/t17-,19+,22-,25-/m1/s1. The number of nitrogens with zero attached hydrogens (tertiary/aromatic N) is 3. The minimum Gasteiger partial charge on any atom is -0.497 e. The van der Waals surface area contributed by atoms with Crippen molar-refractivity contribution in [2.45, 2.75) is 30.5 Å². The summed E-state index contributed by atoms with van der Waals surface area (Å²) in [6.07, 6.45) is -9.30. The molecule has 4 N–H and O–H groups in total. The highest BCUT2D eigenvalue weighted by Crippen LogP contribution is 2.53. The van der Waals surface area contributed by atoms with Gasteiger partial charge in [-0.25, -0.2) is 18.2 Å². The summed E-state index contributed by atoms with van der Waals surface area (Å²) in [6.45, 7) is -5.17. The average molecular weight is 644 g/mol. The summed E-state index contributed by atoms with van der Waals surface area (Å²) in [5.41, 5.74) is 1.39. The topological polar surface area (TPSA) is 165 Å². The molecule has 5 rings (SSSR count). The summed E-state index contributed by atoms with van der Waals surface area (Å²) in [4.78, 5) is 22.1. The third-order valence-corrected chi connectivity index (χ3v) is 8.59. The summed E-state index contributed by atoms with van der Waals surface area (Å²) in [5.74, 6) is 0.973. The molecule has 1 aliphatic rings. The number of nitrogen functional groups attached to an aromatic ring is 1. The molecular weight excluding hydrogens is 618 g/mol. The molecule has 0 bridgehead atoms. The van der Waals surface area contributed by atoms with E-state index in [0.717, 1.165) is 10.9 Å². The van der Waals surface area contributed by atoms with Gasteiger partial charge in [-0.3, -0.25) is 18.9 Å². The van der Waals surface area contributed by atoms with Crippen LogP contribution in [-0.2, 0) is 21.1 Å². The van der Waals surface area contributed by atoms with Crippen molar-refractivity contribution >= 4 is 35.6 Å². The van der Waals surface area contributed by atoms with E-state index in [-0.39, 0.29) is 28.6 Å². The largest absolute Gasteiger partial charge is 0.497 e.